The van der Waals surface area contributed by atoms with Gasteiger partial charge in [0, 0.05) is 6.20 Å². The van der Waals surface area contributed by atoms with Gasteiger partial charge in [-0.25, -0.2) is 13.8 Å². The maximum absolute atomic E-state index is 13.7. The van der Waals surface area contributed by atoms with Gasteiger partial charge in [0.1, 0.15) is 23.9 Å². The predicted octanol–water partition coefficient (Wildman–Crippen LogP) is 2.64. The van der Waals surface area contributed by atoms with Crippen LogP contribution in [-0.4, -0.2) is 21.7 Å². The van der Waals surface area contributed by atoms with E-state index in [0.29, 0.717) is 22.8 Å². The molecule has 0 atom stereocenters. The van der Waals surface area contributed by atoms with Crippen molar-refractivity contribution in [3.05, 3.63) is 65.1 Å². The first kappa shape index (κ1) is 16.1. The summed E-state index contributed by atoms with van der Waals surface area (Å²) in [6.07, 6.45) is 1.66. The zero-order valence-electron chi connectivity index (χ0n) is 12.9. The first-order valence-electron chi connectivity index (χ1n) is 7.29. The summed E-state index contributed by atoms with van der Waals surface area (Å²) < 4.78 is 34.5. The molecule has 0 saturated heterocycles. The molecule has 2 aromatic heterocycles. The van der Waals surface area contributed by atoms with Crippen molar-refractivity contribution in [2.45, 2.75) is 13.5 Å². The van der Waals surface area contributed by atoms with E-state index in [0.717, 1.165) is 0 Å². The fourth-order valence-corrected chi connectivity index (χ4v) is 2.52. The molecule has 3 aromatic rings. The molecule has 124 valence electrons. The number of nitrogens with zero attached hydrogens (tertiary/aromatic N) is 2. The second-order valence-electron chi connectivity index (χ2n) is 5.23. The highest BCUT2D eigenvalue weighted by Gasteiger charge is 2.18. The lowest BCUT2D eigenvalue weighted by molar-refractivity contribution is 0.0995. The molecule has 0 bridgehead atoms. The number of hydrogen-bond acceptors (Lipinski definition) is 4. The topological polar surface area (TPSA) is 69.6 Å². The zero-order chi connectivity index (χ0) is 17.3. The molecule has 7 heteroatoms. The highest BCUT2D eigenvalue weighted by atomic mass is 19.1. The van der Waals surface area contributed by atoms with Crippen LogP contribution in [0.15, 0.2) is 36.5 Å². The number of ketones is 1. The molecule has 0 aliphatic carbocycles. The molecule has 0 radical (unpaired) electrons. The van der Waals surface area contributed by atoms with Gasteiger partial charge >= 0.3 is 0 Å². The number of halogens is 2. The second-order valence-corrected chi connectivity index (χ2v) is 5.23. The van der Waals surface area contributed by atoms with Crippen LogP contribution in [0.3, 0.4) is 0 Å². The van der Waals surface area contributed by atoms with E-state index in [1.807, 2.05) is 0 Å². The highest BCUT2D eigenvalue weighted by molar-refractivity contribution is 5.98. The van der Waals surface area contributed by atoms with E-state index in [2.05, 4.69) is 4.98 Å². The van der Waals surface area contributed by atoms with Gasteiger partial charge in [-0.15, -0.1) is 0 Å². The SMILES string of the molecule is Cc1nc2c(OCc3c(F)cccc3F)cccn2c1C(=O)CN. The Hall–Kier alpha value is -2.80. The fourth-order valence-electron chi connectivity index (χ4n) is 2.52. The molecule has 24 heavy (non-hydrogen) atoms. The van der Waals surface area contributed by atoms with E-state index in [4.69, 9.17) is 10.5 Å². The van der Waals surface area contributed by atoms with Gasteiger partial charge in [0.05, 0.1) is 17.8 Å². The lowest BCUT2D eigenvalue weighted by Gasteiger charge is -2.09. The number of fused-ring (bicyclic) bond motifs is 1. The van der Waals surface area contributed by atoms with Gasteiger partial charge in [0.15, 0.2) is 17.2 Å². The van der Waals surface area contributed by atoms with Crippen LogP contribution in [0, 0.1) is 18.6 Å². The van der Waals surface area contributed by atoms with E-state index in [1.54, 1.807) is 29.7 Å². The second kappa shape index (κ2) is 6.37. The average molecular weight is 331 g/mol. The van der Waals surface area contributed by atoms with Gasteiger partial charge in [0.25, 0.3) is 0 Å². The Balaban J connectivity index is 1.98. The Bertz CT molecular complexity index is 901. The smallest absolute Gasteiger partial charge is 0.194 e. The number of carbonyl (C=O) groups excluding carboxylic acids is 1. The zero-order valence-corrected chi connectivity index (χ0v) is 12.9. The number of Topliss-reactive ketones (excluding diaryl/α,β-unsaturated/α-hetero) is 1. The number of pyridine rings is 1. The first-order chi connectivity index (χ1) is 11.5. The normalized spacial score (nSPS) is 11.0. The molecule has 0 saturated carbocycles. The van der Waals surface area contributed by atoms with Crippen LogP contribution >= 0.6 is 0 Å². The minimum atomic E-state index is -0.680. The van der Waals surface area contributed by atoms with Crippen LogP contribution in [0.4, 0.5) is 8.78 Å². The third-order valence-corrected chi connectivity index (χ3v) is 3.67. The number of benzene rings is 1. The van der Waals surface area contributed by atoms with Gasteiger partial charge in [-0.2, -0.15) is 0 Å². The Morgan fingerprint density at radius 3 is 2.62 bits per heavy atom. The van der Waals surface area contributed by atoms with E-state index in [1.165, 1.54) is 18.2 Å². The third kappa shape index (κ3) is 2.74. The molecule has 5 nitrogen and oxygen atoms in total. The largest absolute Gasteiger partial charge is 0.485 e. The standard InChI is InChI=1S/C17H15F2N3O2/c1-10-16(14(23)8-20)22-7-3-6-15(17(22)21-10)24-9-11-12(18)4-2-5-13(11)19/h2-7H,8-9,20H2,1H3. The molecule has 0 amide bonds. The lowest BCUT2D eigenvalue weighted by atomic mass is 10.2. The lowest BCUT2D eigenvalue weighted by Crippen LogP contribution is -2.16. The van der Waals surface area contributed by atoms with Crippen LogP contribution in [0.2, 0.25) is 0 Å². The summed E-state index contributed by atoms with van der Waals surface area (Å²) in [5.74, 6) is -1.29. The minimum Gasteiger partial charge on any atom is -0.485 e. The molecule has 0 aliphatic heterocycles. The summed E-state index contributed by atoms with van der Waals surface area (Å²) in [5.41, 5.74) is 6.53. The van der Waals surface area contributed by atoms with Crippen LogP contribution < -0.4 is 10.5 Å². The third-order valence-electron chi connectivity index (χ3n) is 3.67. The molecule has 0 aliphatic rings. The molecule has 0 unspecified atom stereocenters. The first-order valence-corrected chi connectivity index (χ1v) is 7.29. The van der Waals surface area contributed by atoms with E-state index in [9.17, 15) is 13.6 Å². The summed E-state index contributed by atoms with van der Waals surface area (Å²) in [5, 5.41) is 0. The van der Waals surface area contributed by atoms with Crippen LogP contribution in [0.1, 0.15) is 21.7 Å². The predicted molar refractivity (Wildman–Crippen MR) is 84.0 cm³/mol. The number of carbonyl (C=O) groups is 1. The molecule has 0 spiro atoms. The Kier molecular flexibility index (Phi) is 4.26. The molecule has 2 heterocycles. The molecule has 1 aromatic carbocycles. The van der Waals surface area contributed by atoms with Crippen molar-refractivity contribution < 1.29 is 18.3 Å². The van der Waals surface area contributed by atoms with Crippen molar-refractivity contribution >= 4 is 11.4 Å². The van der Waals surface area contributed by atoms with E-state index >= 15 is 0 Å². The van der Waals surface area contributed by atoms with E-state index < -0.39 is 11.6 Å². The number of ether oxygens (including phenoxy) is 1. The summed E-state index contributed by atoms with van der Waals surface area (Å²) in [4.78, 5) is 16.3. The molecule has 0 fully saturated rings. The monoisotopic (exact) mass is 331 g/mol. The molecular weight excluding hydrogens is 316 g/mol. The van der Waals surface area contributed by atoms with Gasteiger partial charge in [-0.3, -0.25) is 9.20 Å². The van der Waals surface area contributed by atoms with E-state index in [-0.39, 0.29) is 24.5 Å². The van der Waals surface area contributed by atoms with Crippen molar-refractivity contribution in [3.8, 4) is 5.75 Å². The van der Waals surface area contributed by atoms with Crippen molar-refractivity contribution in [2.75, 3.05) is 6.54 Å². The summed E-state index contributed by atoms with van der Waals surface area (Å²) in [7, 11) is 0. The Labute approximate surface area is 136 Å². The van der Waals surface area contributed by atoms with Crippen molar-refractivity contribution in [1.29, 1.82) is 0 Å². The van der Waals surface area contributed by atoms with Gasteiger partial charge in [-0.05, 0) is 31.2 Å². The number of hydrogen-bond donors (Lipinski definition) is 1. The Morgan fingerprint density at radius 1 is 1.25 bits per heavy atom. The molecular formula is C17H15F2N3O2. The summed E-state index contributed by atoms with van der Waals surface area (Å²) in [6, 6.07) is 6.91. The van der Waals surface area contributed by atoms with Crippen molar-refractivity contribution in [2.24, 2.45) is 5.73 Å². The number of imidazole rings is 1. The van der Waals surface area contributed by atoms with Crippen LogP contribution in [0.25, 0.3) is 5.65 Å². The van der Waals surface area contributed by atoms with Crippen LogP contribution in [0.5, 0.6) is 5.75 Å². The fraction of sp³-hybridized carbons (Fsp3) is 0.176. The molecule has 2 N–H and O–H groups in total. The number of aromatic nitrogens is 2. The molecule has 3 rings (SSSR count). The summed E-state index contributed by atoms with van der Waals surface area (Å²) >= 11 is 0. The quantitative estimate of drug-likeness (QED) is 0.730. The van der Waals surface area contributed by atoms with Crippen LogP contribution in [-0.2, 0) is 6.61 Å². The van der Waals surface area contributed by atoms with Crippen molar-refractivity contribution in [1.82, 2.24) is 9.38 Å². The maximum atomic E-state index is 13.7. The van der Waals surface area contributed by atoms with Gasteiger partial charge < -0.3 is 10.5 Å². The maximum Gasteiger partial charge on any atom is 0.194 e. The number of rotatable bonds is 5. The Morgan fingerprint density at radius 2 is 1.96 bits per heavy atom. The average Bonchev–Trinajstić information content (AvgIpc) is 2.90. The summed E-state index contributed by atoms with van der Waals surface area (Å²) in [6.45, 7) is 1.26. The van der Waals surface area contributed by atoms with Gasteiger partial charge in [0.2, 0.25) is 0 Å². The highest BCUT2D eigenvalue weighted by Crippen LogP contribution is 2.24. The number of nitrogens with two attached hydrogens (primary N) is 1. The van der Waals surface area contributed by atoms with Crippen molar-refractivity contribution in [3.63, 3.8) is 0 Å². The number of aryl methyl sites for hydroxylation is 1. The minimum absolute atomic E-state index is 0.139. The van der Waals surface area contributed by atoms with Gasteiger partial charge in [-0.1, -0.05) is 6.07 Å².